The molecule has 0 radical (unpaired) electrons. The molecule has 4 heteroatoms. The molecule has 118 valence electrons. The Morgan fingerprint density at radius 1 is 1.04 bits per heavy atom. The first-order valence-electron chi connectivity index (χ1n) is 7.74. The van der Waals surface area contributed by atoms with Gasteiger partial charge in [-0.15, -0.1) is 11.3 Å². The van der Waals surface area contributed by atoms with Gasteiger partial charge in [-0.1, -0.05) is 18.2 Å². The molecule has 2 aromatic heterocycles. The van der Waals surface area contributed by atoms with Crippen LogP contribution in [0.1, 0.15) is 5.56 Å². The highest BCUT2D eigenvalue weighted by Crippen LogP contribution is 2.31. The second-order valence-corrected chi connectivity index (χ2v) is 6.89. The first-order chi connectivity index (χ1) is 11.6. The Morgan fingerprint density at radius 2 is 1.79 bits per heavy atom. The molecule has 0 aliphatic rings. The number of halogens is 1. The van der Waals surface area contributed by atoms with Crippen molar-refractivity contribution in [3.63, 3.8) is 0 Å². The highest BCUT2D eigenvalue weighted by atomic mass is 32.1. The number of benzene rings is 2. The minimum Gasteiger partial charge on any atom is -0.236 e. The maximum Gasteiger partial charge on any atom is 0.214 e. The summed E-state index contributed by atoms with van der Waals surface area (Å²) >= 11 is 1.62. The van der Waals surface area contributed by atoms with Gasteiger partial charge in [-0.2, -0.15) is 4.57 Å². The average molecular weight is 335 g/mol. The molecule has 0 aliphatic carbocycles. The third-order valence-electron chi connectivity index (χ3n) is 4.16. The second kappa shape index (κ2) is 5.80. The zero-order valence-electron chi connectivity index (χ0n) is 13.5. The molecule has 0 spiro atoms. The van der Waals surface area contributed by atoms with Gasteiger partial charge in [0.05, 0.1) is 5.52 Å². The number of aromatic nitrogens is 2. The number of rotatable bonds is 2. The van der Waals surface area contributed by atoms with Crippen LogP contribution < -0.4 is 4.57 Å². The lowest BCUT2D eigenvalue weighted by atomic mass is 10.0. The quantitative estimate of drug-likeness (QED) is 0.476. The Bertz CT molecular complexity index is 1040. The summed E-state index contributed by atoms with van der Waals surface area (Å²) in [5.41, 5.74) is 5.49. The van der Waals surface area contributed by atoms with Crippen LogP contribution in [-0.2, 0) is 7.05 Å². The minimum absolute atomic E-state index is 0.229. The Kier molecular flexibility index (Phi) is 3.62. The van der Waals surface area contributed by atoms with Crippen LogP contribution >= 0.6 is 11.3 Å². The molecule has 0 amide bonds. The average Bonchev–Trinajstić information content (AvgIpc) is 2.98. The third kappa shape index (κ3) is 2.59. The van der Waals surface area contributed by atoms with E-state index in [9.17, 15) is 4.39 Å². The van der Waals surface area contributed by atoms with Crippen molar-refractivity contribution < 1.29 is 8.96 Å². The largest absolute Gasteiger partial charge is 0.236 e. The highest BCUT2D eigenvalue weighted by molar-refractivity contribution is 7.21. The minimum atomic E-state index is -0.229. The number of hydrogen-bond acceptors (Lipinski definition) is 2. The monoisotopic (exact) mass is 335 g/mol. The smallest absolute Gasteiger partial charge is 0.214 e. The summed E-state index contributed by atoms with van der Waals surface area (Å²) in [5.74, 6) is -0.229. The van der Waals surface area contributed by atoms with Gasteiger partial charge in [0.25, 0.3) is 0 Å². The van der Waals surface area contributed by atoms with Gasteiger partial charge in [-0.25, -0.2) is 9.37 Å². The van der Waals surface area contributed by atoms with Crippen LogP contribution in [0.25, 0.3) is 32.0 Å². The Hall–Kier alpha value is -2.59. The number of hydrogen-bond donors (Lipinski definition) is 0. The number of thiazole rings is 1. The van der Waals surface area contributed by atoms with E-state index in [-0.39, 0.29) is 5.82 Å². The van der Waals surface area contributed by atoms with Crippen LogP contribution in [0.4, 0.5) is 4.39 Å². The van der Waals surface area contributed by atoms with E-state index in [0.29, 0.717) is 0 Å². The topological polar surface area (TPSA) is 16.8 Å². The van der Waals surface area contributed by atoms with Crippen molar-refractivity contribution >= 4 is 21.6 Å². The lowest BCUT2D eigenvalue weighted by molar-refractivity contribution is -0.659. The van der Waals surface area contributed by atoms with Gasteiger partial charge in [0.15, 0.2) is 6.20 Å². The lowest BCUT2D eigenvalue weighted by Gasteiger charge is -2.03. The standard InChI is InChI=1S/C20H16FN2S/c1-13-5-3-4-6-16(13)18-11-17-19(12-23(18)2)24-20(22-17)14-7-9-15(21)10-8-14/h3-12H,1-2H3/q+1. The fourth-order valence-electron chi connectivity index (χ4n) is 2.86. The first kappa shape index (κ1) is 15.0. The van der Waals surface area contributed by atoms with Crippen molar-refractivity contribution in [1.29, 1.82) is 0 Å². The summed E-state index contributed by atoms with van der Waals surface area (Å²) in [6.45, 7) is 2.12. The molecule has 0 saturated carbocycles. The van der Waals surface area contributed by atoms with E-state index in [2.05, 4.69) is 49.0 Å². The van der Waals surface area contributed by atoms with Crippen LogP contribution in [0, 0.1) is 12.7 Å². The Morgan fingerprint density at radius 3 is 2.54 bits per heavy atom. The number of nitrogens with zero attached hydrogens (tertiary/aromatic N) is 2. The van der Waals surface area contributed by atoms with E-state index in [4.69, 9.17) is 4.98 Å². The van der Waals surface area contributed by atoms with E-state index in [1.54, 1.807) is 23.5 Å². The summed E-state index contributed by atoms with van der Waals surface area (Å²) in [6, 6.07) is 17.0. The van der Waals surface area contributed by atoms with Crippen LogP contribution in [0.2, 0.25) is 0 Å². The van der Waals surface area contributed by atoms with E-state index < -0.39 is 0 Å². The molecule has 0 bridgehead atoms. The van der Waals surface area contributed by atoms with Crippen molar-refractivity contribution in [2.75, 3.05) is 0 Å². The van der Waals surface area contributed by atoms with Crippen LogP contribution in [0.5, 0.6) is 0 Å². The SMILES string of the molecule is Cc1ccccc1-c1cc2nc(-c3ccc(F)cc3)sc2c[n+]1C. The molecule has 2 aromatic carbocycles. The van der Waals surface area contributed by atoms with Gasteiger partial charge in [-0.05, 0) is 42.8 Å². The summed E-state index contributed by atoms with van der Waals surface area (Å²) in [7, 11) is 2.05. The molecule has 2 heterocycles. The van der Waals surface area contributed by atoms with Crippen molar-refractivity contribution in [3.05, 3.63) is 72.2 Å². The predicted molar refractivity (Wildman–Crippen MR) is 96.4 cm³/mol. The Balaban J connectivity index is 1.86. The van der Waals surface area contributed by atoms with Crippen LogP contribution in [0.3, 0.4) is 0 Å². The molecule has 4 rings (SSSR count). The molecule has 24 heavy (non-hydrogen) atoms. The van der Waals surface area contributed by atoms with Crippen molar-refractivity contribution in [2.24, 2.45) is 7.05 Å². The Labute approximate surface area is 143 Å². The molecule has 0 atom stereocenters. The zero-order valence-corrected chi connectivity index (χ0v) is 14.3. The molecular formula is C20H16FN2S+. The normalized spacial score (nSPS) is 11.1. The summed E-state index contributed by atoms with van der Waals surface area (Å²) in [4.78, 5) is 4.75. The summed E-state index contributed by atoms with van der Waals surface area (Å²) < 4.78 is 16.4. The van der Waals surface area contributed by atoms with Gasteiger partial charge in [0.1, 0.15) is 22.6 Å². The number of aryl methyl sites for hydroxylation is 2. The molecule has 0 unspecified atom stereocenters. The number of fused-ring (bicyclic) bond motifs is 1. The molecule has 4 aromatic rings. The molecule has 2 nitrogen and oxygen atoms in total. The van der Waals surface area contributed by atoms with Crippen molar-refractivity contribution in [1.82, 2.24) is 4.98 Å². The van der Waals surface area contributed by atoms with Gasteiger partial charge in [0.2, 0.25) is 5.69 Å². The van der Waals surface area contributed by atoms with Gasteiger partial charge < -0.3 is 0 Å². The maximum atomic E-state index is 13.1. The van der Waals surface area contributed by atoms with E-state index >= 15 is 0 Å². The van der Waals surface area contributed by atoms with E-state index in [1.165, 1.54) is 23.3 Å². The molecule has 0 saturated heterocycles. The molecule has 0 aliphatic heterocycles. The molecular weight excluding hydrogens is 319 g/mol. The fraction of sp³-hybridized carbons (Fsp3) is 0.100. The van der Waals surface area contributed by atoms with Gasteiger partial charge in [-0.3, -0.25) is 0 Å². The molecule has 0 fully saturated rings. The first-order valence-corrected chi connectivity index (χ1v) is 8.55. The zero-order chi connectivity index (χ0) is 16.7. The second-order valence-electron chi connectivity index (χ2n) is 5.86. The van der Waals surface area contributed by atoms with Crippen LogP contribution in [0.15, 0.2) is 60.8 Å². The number of pyridine rings is 1. The molecule has 0 N–H and O–H groups in total. The third-order valence-corrected chi connectivity index (χ3v) is 5.21. The predicted octanol–water partition coefficient (Wildman–Crippen LogP) is 4.90. The van der Waals surface area contributed by atoms with Crippen LogP contribution in [-0.4, -0.2) is 4.98 Å². The van der Waals surface area contributed by atoms with E-state index in [0.717, 1.165) is 26.5 Å². The maximum absolute atomic E-state index is 13.1. The summed E-state index contributed by atoms with van der Waals surface area (Å²) in [6.07, 6.45) is 2.11. The van der Waals surface area contributed by atoms with E-state index in [1.807, 2.05) is 6.07 Å². The lowest BCUT2D eigenvalue weighted by Crippen LogP contribution is -2.30. The van der Waals surface area contributed by atoms with Gasteiger partial charge >= 0.3 is 0 Å². The van der Waals surface area contributed by atoms with Gasteiger partial charge in [0, 0.05) is 17.2 Å². The highest BCUT2D eigenvalue weighted by Gasteiger charge is 2.16. The van der Waals surface area contributed by atoms with Crippen molar-refractivity contribution in [2.45, 2.75) is 6.92 Å². The summed E-state index contributed by atoms with van der Waals surface area (Å²) in [5, 5.41) is 0.909. The van der Waals surface area contributed by atoms with Crippen molar-refractivity contribution in [3.8, 4) is 21.8 Å². The fourth-order valence-corrected chi connectivity index (χ4v) is 3.89.